The van der Waals surface area contributed by atoms with E-state index in [9.17, 15) is 0 Å². The molecule has 0 N–H and O–H groups in total. The Hall–Kier alpha value is -2.48. The Morgan fingerprint density at radius 3 is 2.60 bits per heavy atom. The van der Waals surface area contributed by atoms with E-state index in [0.29, 0.717) is 28.8 Å². The second kappa shape index (κ2) is 8.33. The summed E-state index contributed by atoms with van der Waals surface area (Å²) in [6.07, 6.45) is 3.26. The second-order valence-corrected chi connectivity index (χ2v) is 14.5. The van der Waals surface area contributed by atoms with E-state index in [0.717, 1.165) is 35.0 Å². The first-order valence-electron chi connectivity index (χ1n) is 9.93. The lowest BCUT2D eigenvalue weighted by Gasteiger charge is -2.16. The first kappa shape index (κ1) is 20.8. The van der Waals surface area contributed by atoms with Crippen LogP contribution in [0.3, 0.4) is 0 Å². The maximum Gasteiger partial charge on any atom is 0.148 e. The molecule has 0 bridgehead atoms. The van der Waals surface area contributed by atoms with E-state index in [1.807, 2.05) is 37.3 Å². The van der Waals surface area contributed by atoms with Gasteiger partial charge in [0.1, 0.15) is 34.6 Å². The fourth-order valence-electron chi connectivity index (χ4n) is 3.17. The van der Waals surface area contributed by atoms with Crippen LogP contribution in [0.2, 0.25) is 30.7 Å². The van der Waals surface area contributed by atoms with Crippen molar-refractivity contribution in [2.24, 2.45) is 0 Å². The molecule has 8 heteroatoms. The van der Waals surface area contributed by atoms with Crippen molar-refractivity contribution in [3.8, 4) is 11.5 Å². The Bertz CT molecular complexity index is 1200. The van der Waals surface area contributed by atoms with Crippen LogP contribution in [-0.4, -0.2) is 34.2 Å². The van der Waals surface area contributed by atoms with Crippen LogP contribution in [0.4, 0.5) is 0 Å². The molecular weight excluding hydrogens is 416 g/mol. The van der Waals surface area contributed by atoms with E-state index in [1.165, 1.54) is 0 Å². The van der Waals surface area contributed by atoms with Gasteiger partial charge in [0.05, 0.1) is 16.6 Å². The average molecular weight is 441 g/mol. The maximum atomic E-state index is 6.50. The van der Waals surface area contributed by atoms with E-state index in [4.69, 9.17) is 21.1 Å². The number of benzene rings is 2. The molecule has 0 spiro atoms. The molecule has 0 amide bonds. The minimum Gasteiger partial charge on any atom is -0.456 e. The minimum atomic E-state index is -1.12. The molecule has 2 aromatic carbocycles. The molecule has 4 aromatic rings. The van der Waals surface area contributed by atoms with Crippen molar-refractivity contribution in [2.45, 2.75) is 39.3 Å². The molecule has 0 aliphatic heterocycles. The molecule has 0 aliphatic rings. The standard InChI is InChI=1S/C22H25ClN4O2Si/c1-15-26-17-6-5-16(13-19(17)27(15)14-28-11-12-30(2,3)4)29-20-8-7-18-22(21(20)23)25-10-9-24-18/h5-10,13H,11-12,14H2,1-4H3. The van der Waals surface area contributed by atoms with Gasteiger partial charge < -0.3 is 14.0 Å². The van der Waals surface area contributed by atoms with Crippen LogP contribution in [0.25, 0.3) is 22.1 Å². The molecule has 6 nitrogen and oxygen atoms in total. The first-order valence-corrected chi connectivity index (χ1v) is 14.0. The van der Waals surface area contributed by atoms with Crippen LogP contribution >= 0.6 is 11.6 Å². The number of rotatable bonds is 7. The van der Waals surface area contributed by atoms with Crippen LogP contribution in [0, 0.1) is 6.92 Å². The highest BCUT2D eigenvalue weighted by Crippen LogP contribution is 2.34. The van der Waals surface area contributed by atoms with Gasteiger partial charge in [-0.2, -0.15) is 0 Å². The van der Waals surface area contributed by atoms with Crippen LogP contribution in [-0.2, 0) is 11.5 Å². The van der Waals surface area contributed by atoms with Crippen molar-refractivity contribution in [3.05, 3.63) is 53.6 Å². The lowest BCUT2D eigenvalue weighted by atomic mass is 10.2. The molecule has 0 unspecified atom stereocenters. The van der Waals surface area contributed by atoms with Gasteiger partial charge in [-0.05, 0) is 37.2 Å². The summed E-state index contributed by atoms with van der Waals surface area (Å²) < 4.78 is 14.1. The van der Waals surface area contributed by atoms with Crippen LogP contribution < -0.4 is 4.74 Å². The molecule has 0 atom stereocenters. The van der Waals surface area contributed by atoms with Gasteiger partial charge in [0.2, 0.25) is 0 Å². The number of aromatic nitrogens is 4. The Morgan fingerprint density at radius 2 is 1.80 bits per heavy atom. The molecule has 0 saturated carbocycles. The summed E-state index contributed by atoms with van der Waals surface area (Å²) in [6, 6.07) is 10.6. The quantitative estimate of drug-likeness (QED) is 0.258. The molecule has 4 rings (SSSR count). The molecular formula is C22H25ClN4O2Si. The molecule has 2 aromatic heterocycles. The highest BCUT2D eigenvalue weighted by Gasteiger charge is 2.14. The molecule has 0 fully saturated rings. The third-order valence-corrected chi connectivity index (χ3v) is 6.97. The fourth-order valence-corrected chi connectivity index (χ4v) is 4.18. The molecule has 0 radical (unpaired) electrons. The lowest BCUT2D eigenvalue weighted by Crippen LogP contribution is -2.22. The third kappa shape index (κ3) is 4.48. The number of imidazole rings is 1. The number of aryl methyl sites for hydroxylation is 1. The zero-order valence-corrected chi connectivity index (χ0v) is 19.4. The molecule has 0 saturated heterocycles. The monoisotopic (exact) mass is 440 g/mol. The van der Waals surface area contributed by atoms with Crippen molar-refractivity contribution in [2.75, 3.05) is 6.61 Å². The zero-order chi connectivity index (χ0) is 21.3. The van der Waals surface area contributed by atoms with Gasteiger partial charge >= 0.3 is 0 Å². The largest absolute Gasteiger partial charge is 0.456 e. The SMILES string of the molecule is Cc1nc2ccc(Oc3ccc4nccnc4c3Cl)cc2n1COCC[Si](C)(C)C. The molecule has 30 heavy (non-hydrogen) atoms. The lowest BCUT2D eigenvalue weighted by molar-refractivity contribution is 0.0885. The predicted molar refractivity (Wildman–Crippen MR) is 123 cm³/mol. The highest BCUT2D eigenvalue weighted by atomic mass is 35.5. The minimum absolute atomic E-state index is 0.445. The molecule has 0 aliphatic carbocycles. The topological polar surface area (TPSA) is 62.1 Å². The number of halogens is 1. The smallest absolute Gasteiger partial charge is 0.148 e. The van der Waals surface area contributed by atoms with Gasteiger partial charge in [0.15, 0.2) is 0 Å². The van der Waals surface area contributed by atoms with Crippen molar-refractivity contribution in [1.29, 1.82) is 0 Å². The fraction of sp³-hybridized carbons (Fsp3) is 0.318. The van der Waals surface area contributed by atoms with Crippen molar-refractivity contribution in [3.63, 3.8) is 0 Å². The third-order valence-electron chi connectivity index (χ3n) is 4.90. The summed E-state index contributed by atoms with van der Waals surface area (Å²) >= 11 is 6.50. The number of nitrogens with zero attached hydrogens (tertiary/aromatic N) is 4. The van der Waals surface area contributed by atoms with Crippen LogP contribution in [0.5, 0.6) is 11.5 Å². The van der Waals surface area contributed by atoms with Gasteiger partial charge in [-0.1, -0.05) is 31.2 Å². The summed E-state index contributed by atoms with van der Waals surface area (Å²) in [7, 11) is -1.12. The van der Waals surface area contributed by atoms with Gasteiger partial charge in [-0.25, -0.2) is 4.98 Å². The van der Waals surface area contributed by atoms with E-state index in [1.54, 1.807) is 12.4 Å². The van der Waals surface area contributed by atoms with E-state index < -0.39 is 8.07 Å². The van der Waals surface area contributed by atoms with E-state index >= 15 is 0 Å². The first-order chi connectivity index (χ1) is 14.3. The van der Waals surface area contributed by atoms with Crippen molar-refractivity contribution < 1.29 is 9.47 Å². The van der Waals surface area contributed by atoms with E-state index in [-0.39, 0.29) is 0 Å². The normalized spacial score (nSPS) is 12.0. The van der Waals surface area contributed by atoms with Gasteiger partial charge in [-0.15, -0.1) is 0 Å². The second-order valence-electron chi connectivity index (χ2n) is 8.49. The molecule has 156 valence electrons. The van der Waals surface area contributed by atoms with Crippen LogP contribution in [0.15, 0.2) is 42.7 Å². The summed E-state index contributed by atoms with van der Waals surface area (Å²) in [6.45, 7) is 10.3. The van der Waals surface area contributed by atoms with E-state index in [2.05, 4.69) is 39.2 Å². The summed E-state index contributed by atoms with van der Waals surface area (Å²) in [4.78, 5) is 13.2. The molecule has 2 heterocycles. The number of hydrogen-bond acceptors (Lipinski definition) is 5. The van der Waals surface area contributed by atoms with Crippen molar-refractivity contribution >= 4 is 41.7 Å². The number of hydrogen-bond donors (Lipinski definition) is 0. The number of fused-ring (bicyclic) bond motifs is 2. The Morgan fingerprint density at radius 1 is 1.03 bits per heavy atom. The van der Waals surface area contributed by atoms with Gasteiger partial charge in [-0.3, -0.25) is 9.97 Å². The van der Waals surface area contributed by atoms with Crippen molar-refractivity contribution in [1.82, 2.24) is 19.5 Å². The highest BCUT2D eigenvalue weighted by molar-refractivity contribution is 6.76. The Labute approximate surface area is 181 Å². The summed E-state index contributed by atoms with van der Waals surface area (Å²) in [5.41, 5.74) is 3.22. The Balaban J connectivity index is 1.58. The van der Waals surface area contributed by atoms with Gasteiger partial charge in [0, 0.05) is 33.1 Å². The maximum absolute atomic E-state index is 6.50. The summed E-state index contributed by atoms with van der Waals surface area (Å²) in [5.74, 6) is 2.13. The zero-order valence-electron chi connectivity index (χ0n) is 17.6. The average Bonchev–Trinajstić information content (AvgIpc) is 3.01. The van der Waals surface area contributed by atoms with Crippen LogP contribution in [0.1, 0.15) is 5.82 Å². The number of ether oxygens (including phenoxy) is 2. The predicted octanol–water partition coefficient (Wildman–Crippen LogP) is 6.05. The Kier molecular flexibility index (Phi) is 5.77. The van der Waals surface area contributed by atoms with Gasteiger partial charge in [0.25, 0.3) is 0 Å². The summed E-state index contributed by atoms with van der Waals surface area (Å²) in [5, 5.41) is 0.445.